The molecule has 1 aliphatic rings. The summed E-state index contributed by atoms with van der Waals surface area (Å²) in [6.07, 6.45) is 0. The maximum absolute atomic E-state index is 13.6. The monoisotopic (exact) mass is 371 g/mol. The van der Waals surface area contributed by atoms with Crippen molar-refractivity contribution in [1.82, 2.24) is 0 Å². The number of Topliss-reactive ketones (excluding diaryl/α,β-unsaturated/α-hetero) is 2. The summed E-state index contributed by atoms with van der Waals surface area (Å²) in [5.74, 6) is 0.192. The summed E-state index contributed by atoms with van der Waals surface area (Å²) in [7, 11) is 1.58. The van der Waals surface area contributed by atoms with Crippen molar-refractivity contribution in [3.8, 4) is 5.75 Å². The molecule has 0 unspecified atom stereocenters. The average Bonchev–Trinajstić information content (AvgIpc) is 2.93. The van der Waals surface area contributed by atoms with Crippen LogP contribution in [-0.4, -0.2) is 18.7 Å². The first kappa shape index (κ1) is 18.0. The molecule has 3 aromatic rings. The lowest BCUT2D eigenvalue weighted by atomic mass is 9.84. The zero-order valence-electron chi connectivity index (χ0n) is 16.1. The molecule has 4 rings (SSSR count). The fraction of sp³-hybridized carbons (Fsp3) is 0.167. The number of hydrogen-bond donors (Lipinski definition) is 1. The van der Waals surface area contributed by atoms with Gasteiger partial charge in [0, 0.05) is 16.8 Å². The number of hydrogen-bond acceptors (Lipinski definition) is 4. The maximum atomic E-state index is 13.6. The second-order valence-corrected chi connectivity index (χ2v) is 7.13. The Bertz CT molecular complexity index is 1050. The van der Waals surface area contributed by atoms with Gasteiger partial charge in [-0.25, -0.2) is 0 Å². The number of anilines is 1. The second kappa shape index (κ2) is 6.64. The minimum Gasteiger partial charge on any atom is -0.497 e. The van der Waals surface area contributed by atoms with Crippen molar-refractivity contribution in [1.29, 1.82) is 0 Å². The molecule has 3 aromatic carbocycles. The van der Waals surface area contributed by atoms with Crippen LogP contribution in [0.25, 0.3) is 0 Å². The molecule has 0 aromatic heterocycles. The van der Waals surface area contributed by atoms with Gasteiger partial charge in [-0.3, -0.25) is 9.59 Å². The number of ether oxygens (including phenoxy) is 1. The van der Waals surface area contributed by atoms with Gasteiger partial charge in [-0.2, -0.15) is 0 Å². The van der Waals surface area contributed by atoms with E-state index >= 15 is 0 Å². The molecule has 1 N–H and O–H groups in total. The van der Waals surface area contributed by atoms with E-state index in [0.717, 1.165) is 16.8 Å². The third-order valence-electron chi connectivity index (χ3n) is 5.32. The fourth-order valence-corrected chi connectivity index (χ4v) is 3.83. The third kappa shape index (κ3) is 2.61. The highest BCUT2D eigenvalue weighted by molar-refractivity contribution is 6.34. The van der Waals surface area contributed by atoms with Crippen LogP contribution in [0.3, 0.4) is 0 Å². The van der Waals surface area contributed by atoms with Gasteiger partial charge in [-0.05, 0) is 43.2 Å². The van der Waals surface area contributed by atoms with Gasteiger partial charge in [-0.1, -0.05) is 54.1 Å². The van der Waals surface area contributed by atoms with Crippen LogP contribution in [0.15, 0.2) is 66.7 Å². The van der Waals surface area contributed by atoms with Crippen molar-refractivity contribution in [3.63, 3.8) is 0 Å². The van der Waals surface area contributed by atoms with Crippen molar-refractivity contribution >= 4 is 17.3 Å². The standard InChI is InChI=1S/C24H21NO3/c1-15-8-13-21(16(2)14-15)25-24(17-9-11-18(28-3)12-10-17)22(26)19-6-4-5-7-20(19)23(24)27/h4-14,25H,1-3H3. The Kier molecular flexibility index (Phi) is 4.27. The summed E-state index contributed by atoms with van der Waals surface area (Å²) in [6, 6.07) is 20.0. The molecule has 4 nitrogen and oxygen atoms in total. The van der Waals surface area contributed by atoms with Gasteiger partial charge in [0.25, 0.3) is 0 Å². The van der Waals surface area contributed by atoms with Crippen LogP contribution < -0.4 is 10.1 Å². The number of rotatable bonds is 4. The van der Waals surface area contributed by atoms with E-state index in [1.165, 1.54) is 0 Å². The number of methoxy groups -OCH3 is 1. The van der Waals surface area contributed by atoms with E-state index in [9.17, 15) is 9.59 Å². The molecule has 0 atom stereocenters. The second-order valence-electron chi connectivity index (χ2n) is 7.13. The average molecular weight is 371 g/mol. The van der Waals surface area contributed by atoms with Gasteiger partial charge >= 0.3 is 0 Å². The fourth-order valence-electron chi connectivity index (χ4n) is 3.83. The summed E-state index contributed by atoms with van der Waals surface area (Å²) in [6.45, 7) is 3.98. The van der Waals surface area contributed by atoms with Crippen molar-refractivity contribution in [3.05, 3.63) is 94.5 Å². The molecule has 4 heteroatoms. The van der Waals surface area contributed by atoms with Crippen molar-refractivity contribution in [2.75, 3.05) is 12.4 Å². The van der Waals surface area contributed by atoms with Crippen molar-refractivity contribution < 1.29 is 14.3 Å². The quantitative estimate of drug-likeness (QED) is 0.676. The number of nitrogens with one attached hydrogen (secondary N) is 1. The maximum Gasteiger partial charge on any atom is 0.201 e. The molecule has 0 radical (unpaired) electrons. The third-order valence-corrected chi connectivity index (χ3v) is 5.32. The minimum absolute atomic E-state index is 0.238. The summed E-state index contributed by atoms with van der Waals surface area (Å²) >= 11 is 0. The molecular weight excluding hydrogens is 350 g/mol. The lowest BCUT2D eigenvalue weighted by molar-refractivity contribution is 0.0818. The van der Waals surface area contributed by atoms with E-state index in [2.05, 4.69) is 5.32 Å². The zero-order valence-corrected chi connectivity index (χ0v) is 16.1. The Morgan fingerprint density at radius 3 is 1.96 bits per heavy atom. The van der Waals surface area contributed by atoms with Gasteiger partial charge in [0.1, 0.15) is 5.75 Å². The molecule has 0 saturated heterocycles. The Hall–Kier alpha value is -3.40. The Morgan fingerprint density at radius 1 is 0.821 bits per heavy atom. The van der Waals surface area contributed by atoms with Gasteiger partial charge in [0.2, 0.25) is 11.6 Å². The largest absolute Gasteiger partial charge is 0.497 e. The number of fused-ring (bicyclic) bond motifs is 1. The van der Waals surface area contributed by atoms with E-state index < -0.39 is 5.54 Å². The van der Waals surface area contributed by atoms with Crippen LogP contribution in [0.2, 0.25) is 0 Å². The number of aryl methyl sites for hydroxylation is 2. The molecule has 0 amide bonds. The van der Waals surface area contributed by atoms with E-state index in [0.29, 0.717) is 22.4 Å². The normalized spacial score (nSPS) is 14.7. The van der Waals surface area contributed by atoms with Gasteiger partial charge in [0.15, 0.2) is 5.54 Å². The highest BCUT2D eigenvalue weighted by Gasteiger charge is 2.54. The molecule has 1 aliphatic carbocycles. The SMILES string of the molecule is COc1ccc(C2(Nc3ccc(C)cc3C)C(=O)c3ccccc3C2=O)cc1. The van der Waals surface area contributed by atoms with Gasteiger partial charge in [0.05, 0.1) is 7.11 Å². The smallest absolute Gasteiger partial charge is 0.201 e. The highest BCUT2D eigenvalue weighted by atomic mass is 16.5. The predicted molar refractivity (Wildman–Crippen MR) is 109 cm³/mol. The van der Waals surface area contributed by atoms with Crippen LogP contribution in [0.5, 0.6) is 5.75 Å². The minimum atomic E-state index is -1.49. The molecule has 28 heavy (non-hydrogen) atoms. The van der Waals surface area contributed by atoms with Crippen LogP contribution in [0, 0.1) is 13.8 Å². The van der Waals surface area contributed by atoms with Crippen LogP contribution in [0.4, 0.5) is 5.69 Å². The molecule has 0 spiro atoms. The Morgan fingerprint density at radius 2 is 1.43 bits per heavy atom. The molecule has 140 valence electrons. The molecule has 0 bridgehead atoms. The topological polar surface area (TPSA) is 55.4 Å². The number of benzene rings is 3. The van der Waals surface area contributed by atoms with Crippen LogP contribution in [0.1, 0.15) is 37.4 Å². The number of carbonyl (C=O) groups is 2. The number of carbonyl (C=O) groups excluding carboxylic acids is 2. The molecular formula is C24H21NO3. The van der Waals surface area contributed by atoms with E-state index in [1.54, 1.807) is 55.6 Å². The van der Waals surface area contributed by atoms with Gasteiger partial charge < -0.3 is 10.1 Å². The van der Waals surface area contributed by atoms with E-state index in [4.69, 9.17) is 4.74 Å². The number of ketones is 2. The van der Waals surface area contributed by atoms with Crippen LogP contribution in [-0.2, 0) is 5.54 Å². The lowest BCUT2D eigenvalue weighted by Gasteiger charge is -2.30. The molecule has 0 aliphatic heterocycles. The summed E-state index contributed by atoms with van der Waals surface area (Å²) < 4.78 is 5.24. The van der Waals surface area contributed by atoms with Crippen molar-refractivity contribution in [2.45, 2.75) is 19.4 Å². The lowest BCUT2D eigenvalue weighted by Crippen LogP contribution is -2.46. The Balaban J connectivity index is 1.91. The van der Waals surface area contributed by atoms with E-state index in [1.807, 2.05) is 32.0 Å². The summed E-state index contributed by atoms with van der Waals surface area (Å²) in [5, 5.41) is 3.31. The van der Waals surface area contributed by atoms with Crippen LogP contribution >= 0.6 is 0 Å². The summed E-state index contributed by atoms with van der Waals surface area (Å²) in [4.78, 5) is 27.1. The van der Waals surface area contributed by atoms with Gasteiger partial charge in [-0.15, -0.1) is 0 Å². The first-order valence-corrected chi connectivity index (χ1v) is 9.16. The Labute approximate surface area is 164 Å². The first-order valence-electron chi connectivity index (χ1n) is 9.16. The highest BCUT2D eigenvalue weighted by Crippen LogP contribution is 2.41. The predicted octanol–water partition coefficient (Wildman–Crippen LogP) is 4.70. The van der Waals surface area contributed by atoms with Crippen molar-refractivity contribution in [2.24, 2.45) is 0 Å². The van der Waals surface area contributed by atoms with E-state index in [-0.39, 0.29) is 11.6 Å². The molecule has 0 heterocycles. The summed E-state index contributed by atoms with van der Waals surface area (Å²) in [5.41, 5.74) is 2.85. The zero-order chi connectivity index (χ0) is 19.9. The molecule has 0 fully saturated rings. The first-order chi connectivity index (χ1) is 13.5. The molecule has 0 saturated carbocycles.